The first-order chi connectivity index (χ1) is 11.2. The molecule has 0 atom stereocenters. The quantitative estimate of drug-likeness (QED) is 0.216. The van der Waals surface area contributed by atoms with Crippen molar-refractivity contribution in [2.75, 3.05) is 0 Å². The molecule has 23 heavy (non-hydrogen) atoms. The fraction of sp³-hybridized carbons (Fsp3) is 0.143. The maximum atomic E-state index is 3.03. The van der Waals surface area contributed by atoms with Gasteiger partial charge in [0, 0.05) is 0 Å². The van der Waals surface area contributed by atoms with E-state index in [2.05, 4.69) is 37.4 Å². The first-order valence-corrected chi connectivity index (χ1v) is 12.2. The molecule has 0 aliphatic carbocycles. The van der Waals surface area contributed by atoms with Gasteiger partial charge in [-0.15, -0.1) is 0 Å². The van der Waals surface area contributed by atoms with E-state index in [-0.39, 0.29) is 0 Å². The third kappa shape index (κ3) is 14.4. The molecule has 0 N–H and O–H groups in total. The first kappa shape index (κ1) is 22.1. The monoisotopic (exact) mass is 448 g/mol. The molecule has 0 aromatic heterocycles. The van der Waals surface area contributed by atoms with Crippen LogP contribution in [0.2, 0.25) is 0 Å². The third-order valence-corrected chi connectivity index (χ3v) is 2.59. The van der Waals surface area contributed by atoms with Crippen LogP contribution in [0.25, 0.3) is 0 Å². The van der Waals surface area contributed by atoms with Gasteiger partial charge in [0.25, 0.3) is 0 Å². The summed E-state index contributed by atoms with van der Waals surface area (Å²) in [6, 6.07) is 32.8. The van der Waals surface area contributed by atoms with Crippen LogP contribution in [-0.2, 0) is 16.7 Å². The van der Waals surface area contributed by atoms with Crippen molar-refractivity contribution in [2.45, 2.75) is 20.8 Å². The Morgan fingerprint density at radius 2 is 0.826 bits per heavy atom. The summed E-state index contributed by atoms with van der Waals surface area (Å²) in [4.78, 5) is 0. The predicted molar refractivity (Wildman–Crippen MR) is 104 cm³/mol. The molecule has 0 spiro atoms. The van der Waals surface area contributed by atoms with Crippen LogP contribution < -0.4 is 0 Å². The summed E-state index contributed by atoms with van der Waals surface area (Å²) in [5, 5.41) is 0. The average Bonchev–Trinajstić information content (AvgIpc) is 2.60. The zero-order valence-corrected chi connectivity index (χ0v) is 17.5. The summed E-state index contributed by atoms with van der Waals surface area (Å²) in [6.07, 6.45) is 0. The van der Waals surface area contributed by atoms with Gasteiger partial charge in [-0.2, -0.15) is 108 Å². The molecular weight excluding hydrogens is 427 g/mol. The summed E-state index contributed by atoms with van der Waals surface area (Å²) in [6.45, 7) is 6.08. The van der Waals surface area contributed by atoms with Gasteiger partial charge >= 0.3 is 35.9 Å². The molecule has 0 saturated heterocycles. The van der Waals surface area contributed by atoms with E-state index in [4.69, 9.17) is 0 Å². The molecule has 3 aromatic carbocycles. The van der Waals surface area contributed by atoms with Gasteiger partial charge in [0.15, 0.2) is 0 Å². The molecule has 0 aliphatic rings. The predicted octanol–water partition coefficient (Wildman–Crippen LogP) is 6.27. The molecule has 0 bridgehead atoms. The molecule has 0 fully saturated rings. The summed E-state index contributed by atoms with van der Waals surface area (Å²) in [5.74, 6) is 0. The van der Waals surface area contributed by atoms with Crippen LogP contribution in [0.5, 0.6) is 0 Å². The zero-order valence-electron chi connectivity index (χ0n) is 13.8. The molecule has 0 amide bonds. The minimum atomic E-state index is 1.20. The van der Waals surface area contributed by atoms with Crippen molar-refractivity contribution in [1.82, 2.24) is 0 Å². The van der Waals surface area contributed by atoms with Gasteiger partial charge in [0.2, 0.25) is 0 Å². The van der Waals surface area contributed by atoms with Crippen molar-refractivity contribution in [1.29, 1.82) is 0 Å². The van der Waals surface area contributed by atoms with Gasteiger partial charge in [0.05, 0.1) is 0 Å². The van der Waals surface area contributed by atoms with Gasteiger partial charge in [-0.3, -0.25) is 0 Å². The molecule has 0 heterocycles. The normalized spacial score (nSPS) is 8.26. The second-order valence-corrected chi connectivity index (χ2v) is 4.64. The second-order valence-electron chi connectivity index (χ2n) is 4.64. The number of hydrogen-bond acceptors (Lipinski definition) is 0. The van der Waals surface area contributed by atoms with Gasteiger partial charge < -0.3 is 0 Å². The number of aryl methyl sites for hydroxylation is 3. The Morgan fingerprint density at radius 1 is 0.565 bits per heavy atom. The number of benzene rings is 3. The number of hydrogen-bond donors (Lipinski definition) is 0. The fourth-order valence-electron chi connectivity index (χ4n) is 1.45. The minimum absolute atomic E-state index is 1.20. The fourth-order valence-corrected chi connectivity index (χ4v) is 1.45. The topological polar surface area (TPSA) is 0 Å². The second kappa shape index (κ2) is 16.0. The van der Waals surface area contributed by atoms with Crippen LogP contribution in [0, 0.1) is 39.0 Å². The standard InChI is InChI=1S/3C7H7.HI.Ti/c3*1-7-5-3-2-4-6-7;;/h3*2-5H,1H3;1H;/q3*-1;;+4/p-1. The molecule has 3 rings (SSSR count). The summed E-state index contributed by atoms with van der Waals surface area (Å²) in [7, 11) is 0. The van der Waals surface area contributed by atoms with E-state index in [0.717, 1.165) is 0 Å². The Hall–Kier alpha value is -0.896. The van der Waals surface area contributed by atoms with Crippen LogP contribution in [0.4, 0.5) is 0 Å². The zero-order chi connectivity index (χ0) is 17.3. The third-order valence-electron chi connectivity index (χ3n) is 2.59. The van der Waals surface area contributed by atoms with E-state index in [1.807, 2.05) is 110 Å². The van der Waals surface area contributed by atoms with Crippen LogP contribution in [0.1, 0.15) is 16.7 Å². The maximum absolute atomic E-state index is 3.03. The molecule has 0 aliphatic heterocycles. The van der Waals surface area contributed by atoms with E-state index < -0.39 is 0 Å². The van der Waals surface area contributed by atoms with Crippen molar-refractivity contribution in [3.05, 3.63) is 108 Å². The Kier molecular flexibility index (Phi) is 15.4. The number of rotatable bonds is 0. The Balaban J connectivity index is 0.000000299. The molecule has 116 valence electrons. The average molecular weight is 448 g/mol. The van der Waals surface area contributed by atoms with E-state index in [1.54, 1.807) is 0 Å². The first-order valence-electron chi connectivity index (χ1n) is 7.17. The van der Waals surface area contributed by atoms with E-state index >= 15 is 0 Å². The van der Waals surface area contributed by atoms with Gasteiger partial charge in [-0.05, 0) is 0 Å². The van der Waals surface area contributed by atoms with Crippen LogP contribution in [0.15, 0.2) is 72.8 Å². The van der Waals surface area contributed by atoms with E-state index in [0.29, 0.717) is 0 Å². The Bertz CT molecular complexity index is 491. The molecule has 0 unspecified atom stereocenters. The van der Waals surface area contributed by atoms with Crippen molar-refractivity contribution in [2.24, 2.45) is 0 Å². The SMILES string of the molecule is Cc1[c-]cccc1.Cc1[c-]cccc1.Cc1[c-]cccc1.[Ti+3][I]. The molecule has 0 saturated carbocycles. The summed E-state index contributed by atoms with van der Waals surface area (Å²) >= 11 is 4.12. The summed E-state index contributed by atoms with van der Waals surface area (Å²) < 4.78 is 0. The molecular formula is C21H21ITi. The van der Waals surface area contributed by atoms with Gasteiger partial charge in [0.1, 0.15) is 0 Å². The Morgan fingerprint density at radius 3 is 0.913 bits per heavy atom. The van der Waals surface area contributed by atoms with Gasteiger partial charge in [-0.1, -0.05) is 20.8 Å². The van der Waals surface area contributed by atoms with Crippen molar-refractivity contribution in [3.8, 4) is 0 Å². The summed E-state index contributed by atoms with van der Waals surface area (Å²) in [5.41, 5.74) is 3.59. The van der Waals surface area contributed by atoms with Crippen LogP contribution in [0.3, 0.4) is 0 Å². The Labute approximate surface area is 163 Å². The molecule has 2 heteroatoms. The molecule has 0 nitrogen and oxygen atoms in total. The van der Waals surface area contributed by atoms with E-state index in [9.17, 15) is 0 Å². The van der Waals surface area contributed by atoms with Crippen molar-refractivity contribution < 1.29 is 16.7 Å². The molecule has 3 aromatic rings. The van der Waals surface area contributed by atoms with Crippen LogP contribution >= 0.6 is 19.2 Å². The van der Waals surface area contributed by atoms with Crippen molar-refractivity contribution in [3.63, 3.8) is 0 Å². The van der Waals surface area contributed by atoms with Crippen LogP contribution in [-0.4, -0.2) is 0 Å². The van der Waals surface area contributed by atoms with E-state index in [1.165, 1.54) is 16.7 Å². The number of halogens is 1. The van der Waals surface area contributed by atoms with Crippen molar-refractivity contribution >= 4 is 19.2 Å². The van der Waals surface area contributed by atoms with Gasteiger partial charge in [-0.25, -0.2) is 0 Å². The molecule has 0 radical (unpaired) electrons.